The van der Waals surface area contributed by atoms with Crippen LogP contribution in [0.2, 0.25) is 0 Å². The Morgan fingerprint density at radius 2 is 1.78 bits per heavy atom. The van der Waals surface area contributed by atoms with Crippen LogP contribution in [0, 0.1) is 5.92 Å². The summed E-state index contributed by atoms with van der Waals surface area (Å²) < 4.78 is 0. The molecule has 1 aromatic carbocycles. The topological polar surface area (TPSA) is 32.3 Å². The number of nitrogens with one attached hydrogen (secondary N) is 1. The third-order valence-electron chi connectivity index (χ3n) is 4.83. The van der Waals surface area contributed by atoms with Crippen molar-refractivity contribution in [3.8, 4) is 0 Å². The van der Waals surface area contributed by atoms with Gasteiger partial charge in [0, 0.05) is 19.5 Å². The molecule has 1 aliphatic rings. The van der Waals surface area contributed by atoms with E-state index in [0.29, 0.717) is 12.3 Å². The third-order valence-corrected chi connectivity index (χ3v) is 4.83. The molecule has 0 radical (unpaired) electrons. The Bertz CT molecular complexity index is 453. The molecule has 0 unspecified atom stereocenters. The smallest absolute Gasteiger partial charge is 0.222 e. The first-order valence-electron chi connectivity index (χ1n) is 8.73. The number of hydrogen-bond donors (Lipinski definition) is 1. The Morgan fingerprint density at radius 3 is 2.35 bits per heavy atom. The van der Waals surface area contributed by atoms with Crippen LogP contribution in [-0.2, 0) is 17.6 Å². The Labute approximate surface area is 147 Å². The van der Waals surface area contributed by atoms with Crippen LogP contribution in [0.15, 0.2) is 24.3 Å². The molecular formula is C19H31ClN2O. The van der Waals surface area contributed by atoms with Crippen molar-refractivity contribution in [2.24, 2.45) is 5.92 Å². The highest BCUT2D eigenvalue weighted by atomic mass is 35.5. The van der Waals surface area contributed by atoms with E-state index in [1.165, 1.54) is 30.4 Å². The van der Waals surface area contributed by atoms with E-state index in [1.54, 1.807) is 0 Å². The molecule has 130 valence electrons. The molecule has 1 aromatic rings. The van der Waals surface area contributed by atoms with Crippen LogP contribution in [0.4, 0.5) is 0 Å². The van der Waals surface area contributed by atoms with Gasteiger partial charge in [0.15, 0.2) is 0 Å². The van der Waals surface area contributed by atoms with Crippen molar-refractivity contribution in [3.05, 3.63) is 35.4 Å². The zero-order valence-electron chi connectivity index (χ0n) is 14.5. The van der Waals surface area contributed by atoms with Crippen molar-refractivity contribution in [2.45, 2.75) is 45.4 Å². The van der Waals surface area contributed by atoms with E-state index in [9.17, 15) is 4.79 Å². The largest absolute Gasteiger partial charge is 0.343 e. The molecule has 0 aromatic heterocycles. The van der Waals surface area contributed by atoms with E-state index >= 15 is 0 Å². The summed E-state index contributed by atoms with van der Waals surface area (Å²) in [5.41, 5.74) is 2.63. The fourth-order valence-corrected chi connectivity index (χ4v) is 3.17. The molecule has 0 saturated carbocycles. The van der Waals surface area contributed by atoms with Crippen molar-refractivity contribution in [1.29, 1.82) is 0 Å². The van der Waals surface area contributed by atoms with Gasteiger partial charge < -0.3 is 10.2 Å². The first kappa shape index (κ1) is 20.0. The Morgan fingerprint density at radius 1 is 1.17 bits per heavy atom. The normalized spacial score (nSPS) is 15.3. The zero-order chi connectivity index (χ0) is 15.8. The second-order valence-electron chi connectivity index (χ2n) is 6.39. The quantitative estimate of drug-likeness (QED) is 0.825. The maximum atomic E-state index is 12.3. The molecule has 3 nitrogen and oxygen atoms in total. The molecule has 2 rings (SSSR count). The van der Waals surface area contributed by atoms with Gasteiger partial charge in [0.25, 0.3) is 0 Å². The second-order valence-corrected chi connectivity index (χ2v) is 6.39. The molecular weight excluding hydrogens is 308 g/mol. The number of benzene rings is 1. The summed E-state index contributed by atoms with van der Waals surface area (Å²) in [5.74, 6) is 1.12. The molecule has 1 fully saturated rings. The van der Waals surface area contributed by atoms with E-state index in [4.69, 9.17) is 0 Å². The van der Waals surface area contributed by atoms with Gasteiger partial charge in [-0.1, -0.05) is 31.2 Å². The highest BCUT2D eigenvalue weighted by Crippen LogP contribution is 2.20. The lowest BCUT2D eigenvalue weighted by molar-refractivity contribution is -0.132. The molecule has 0 aliphatic carbocycles. The first-order valence-corrected chi connectivity index (χ1v) is 8.73. The van der Waals surface area contributed by atoms with E-state index in [2.05, 4.69) is 41.4 Å². The first-order chi connectivity index (χ1) is 10.7. The minimum Gasteiger partial charge on any atom is -0.343 e. The zero-order valence-corrected chi connectivity index (χ0v) is 15.3. The maximum Gasteiger partial charge on any atom is 0.222 e. The van der Waals surface area contributed by atoms with Gasteiger partial charge in [-0.05, 0) is 62.7 Å². The number of aryl methyl sites for hydroxylation is 2. The van der Waals surface area contributed by atoms with Gasteiger partial charge >= 0.3 is 0 Å². The number of halogens is 1. The second kappa shape index (κ2) is 10.7. The van der Waals surface area contributed by atoms with Gasteiger partial charge in [-0.3, -0.25) is 4.79 Å². The Kier molecular flexibility index (Phi) is 9.27. The molecule has 1 aliphatic heterocycles. The van der Waals surface area contributed by atoms with Gasteiger partial charge in [0.1, 0.15) is 0 Å². The summed E-state index contributed by atoms with van der Waals surface area (Å²) in [6.45, 7) is 5.15. The minimum absolute atomic E-state index is 0. The molecule has 23 heavy (non-hydrogen) atoms. The number of hydrogen-bond acceptors (Lipinski definition) is 2. The van der Waals surface area contributed by atoms with Crippen LogP contribution < -0.4 is 5.32 Å². The summed E-state index contributed by atoms with van der Waals surface area (Å²) in [6.07, 6.45) is 6.15. The fourth-order valence-electron chi connectivity index (χ4n) is 3.17. The van der Waals surface area contributed by atoms with E-state index in [-0.39, 0.29) is 12.4 Å². The summed E-state index contributed by atoms with van der Waals surface area (Å²) in [6, 6.07) is 8.67. The van der Waals surface area contributed by atoms with Crippen LogP contribution in [0.1, 0.15) is 43.7 Å². The minimum atomic E-state index is 0. The lowest BCUT2D eigenvalue weighted by Gasteiger charge is -2.32. The summed E-state index contributed by atoms with van der Waals surface area (Å²) >= 11 is 0. The number of carbonyl (C=O) groups is 1. The van der Waals surface area contributed by atoms with Crippen molar-refractivity contribution >= 4 is 18.3 Å². The fraction of sp³-hybridized carbons (Fsp3) is 0.632. The van der Waals surface area contributed by atoms with Gasteiger partial charge in [0.2, 0.25) is 5.91 Å². The molecule has 1 saturated heterocycles. The molecule has 0 spiro atoms. The monoisotopic (exact) mass is 338 g/mol. The van der Waals surface area contributed by atoms with Crippen molar-refractivity contribution in [1.82, 2.24) is 10.2 Å². The number of nitrogens with zero attached hydrogens (tertiary/aromatic N) is 1. The molecule has 1 amide bonds. The highest BCUT2D eigenvalue weighted by Gasteiger charge is 2.22. The van der Waals surface area contributed by atoms with Crippen LogP contribution in [-0.4, -0.2) is 37.5 Å². The molecule has 4 heteroatoms. The summed E-state index contributed by atoms with van der Waals surface area (Å²) in [4.78, 5) is 14.4. The molecule has 1 N–H and O–H groups in total. The van der Waals surface area contributed by atoms with Crippen LogP contribution in [0.5, 0.6) is 0 Å². The number of piperidine rings is 1. The number of rotatable bonds is 7. The maximum absolute atomic E-state index is 12.3. The lowest BCUT2D eigenvalue weighted by Crippen LogP contribution is -2.39. The Hall–Kier alpha value is -1.06. The van der Waals surface area contributed by atoms with E-state index < -0.39 is 0 Å². The van der Waals surface area contributed by atoms with Crippen LogP contribution in [0.3, 0.4) is 0 Å². The van der Waals surface area contributed by atoms with Gasteiger partial charge in [-0.2, -0.15) is 0 Å². The highest BCUT2D eigenvalue weighted by molar-refractivity contribution is 5.85. The number of likely N-dealkylation sites (tertiary alicyclic amines) is 1. The SMILES string of the molecule is CCc1ccc(CCC(=O)N2CCC(CCNC)CC2)cc1.Cl. The van der Waals surface area contributed by atoms with Crippen molar-refractivity contribution < 1.29 is 4.79 Å². The van der Waals surface area contributed by atoms with Crippen molar-refractivity contribution in [2.75, 3.05) is 26.7 Å². The predicted octanol–water partition coefficient (Wildman–Crippen LogP) is 3.45. The number of amides is 1. The average Bonchev–Trinajstić information content (AvgIpc) is 2.58. The van der Waals surface area contributed by atoms with Crippen LogP contribution in [0.25, 0.3) is 0 Å². The molecule has 0 atom stereocenters. The Balaban J connectivity index is 0.00000264. The van der Waals surface area contributed by atoms with Gasteiger partial charge in [0.05, 0.1) is 0 Å². The molecule has 1 heterocycles. The van der Waals surface area contributed by atoms with E-state index in [1.807, 2.05) is 7.05 Å². The van der Waals surface area contributed by atoms with Gasteiger partial charge in [-0.15, -0.1) is 12.4 Å². The average molecular weight is 339 g/mol. The van der Waals surface area contributed by atoms with Crippen molar-refractivity contribution in [3.63, 3.8) is 0 Å². The van der Waals surface area contributed by atoms with Crippen LogP contribution >= 0.6 is 12.4 Å². The molecule has 0 bridgehead atoms. The predicted molar refractivity (Wildman–Crippen MR) is 99.2 cm³/mol. The van der Waals surface area contributed by atoms with Gasteiger partial charge in [-0.25, -0.2) is 0 Å². The summed E-state index contributed by atoms with van der Waals surface area (Å²) in [5, 5.41) is 3.21. The summed E-state index contributed by atoms with van der Waals surface area (Å²) in [7, 11) is 2.01. The van der Waals surface area contributed by atoms with E-state index in [0.717, 1.165) is 38.4 Å². The standard InChI is InChI=1S/C19H30N2O.ClH/c1-3-16-4-6-17(7-5-16)8-9-19(22)21-14-11-18(12-15-21)10-13-20-2;/h4-7,18,20H,3,8-15H2,1-2H3;1H. The third kappa shape index (κ3) is 6.52. The number of carbonyl (C=O) groups excluding carboxylic acids is 1. The lowest BCUT2D eigenvalue weighted by atomic mass is 9.93.